The van der Waals surface area contributed by atoms with Crippen LogP contribution in [0.4, 0.5) is 0 Å². The summed E-state index contributed by atoms with van der Waals surface area (Å²) in [5.41, 5.74) is 2.19. The first-order chi connectivity index (χ1) is 17.0. The van der Waals surface area contributed by atoms with Crippen LogP contribution in [0.2, 0.25) is 0 Å². The van der Waals surface area contributed by atoms with Crippen molar-refractivity contribution in [2.45, 2.75) is 57.5 Å². The lowest BCUT2D eigenvalue weighted by Crippen LogP contribution is -2.45. The molecule has 0 bridgehead atoms. The Morgan fingerprint density at radius 2 is 1.67 bits per heavy atom. The molecule has 7 heteroatoms. The Kier molecular flexibility index (Phi) is 9.13. The third kappa shape index (κ3) is 6.70. The molecule has 5 nitrogen and oxygen atoms in total. The van der Waals surface area contributed by atoms with Gasteiger partial charge >= 0.3 is 0 Å². The van der Waals surface area contributed by atoms with E-state index >= 15 is 0 Å². The van der Waals surface area contributed by atoms with Gasteiger partial charge in [-0.3, -0.25) is 9.59 Å². The van der Waals surface area contributed by atoms with Crippen molar-refractivity contribution in [3.63, 3.8) is 0 Å². The molecule has 1 atom stereocenters. The Hall–Kier alpha value is -1.89. The largest absolute Gasteiger partial charge is 0.349 e. The van der Waals surface area contributed by atoms with Crippen molar-refractivity contribution in [3.8, 4) is 0 Å². The number of hydrogen-bond acceptors (Lipinski definition) is 3. The number of amides is 2. The van der Waals surface area contributed by atoms with Crippen LogP contribution in [0.25, 0.3) is 0 Å². The highest BCUT2D eigenvalue weighted by Crippen LogP contribution is 2.42. The summed E-state index contributed by atoms with van der Waals surface area (Å²) in [6.07, 6.45) is 6.79. The van der Waals surface area contributed by atoms with Crippen molar-refractivity contribution < 1.29 is 9.59 Å². The molecule has 0 radical (unpaired) electrons. The zero-order valence-electron chi connectivity index (χ0n) is 20.8. The maximum absolute atomic E-state index is 13.4. The van der Waals surface area contributed by atoms with Gasteiger partial charge in [0.15, 0.2) is 0 Å². The van der Waals surface area contributed by atoms with E-state index in [4.69, 9.17) is 0 Å². The second-order valence-corrected chi connectivity index (χ2v) is 11.6. The van der Waals surface area contributed by atoms with E-state index in [9.17, 15) is 9.59 Å². The van der Waals surface area contributed by atoms with E-state index in [1.54, 1.807) is 0 Å². The van der Waals surface area contributed by atoms with Crippen molar-refractivity contribution in [3.05, 3.63) is 70.2 Å². The number of benzene rings is 2. The van der Waals surface area contributed by atoms with Crippen LogP contribution >= 0.6 is 28.3 Å². The monoisotopic (exact) mass is 573 g/mol. The SMILES string of the molecule is Cl.O=C(CC1CC1)NC(CCN1CCC2(CC1)CCN(Cc1ccc(Br)cc1)C2=O)c1ccccc1. The van der Waals surface area contributed by atoms with Crippen LogP contribution in [-0.2, 0) is 16.1 Å². The maximum atomic E-state index is 13.4. The molecule has 2 aliphatic heterocycles. The minimum Gasteiger partial charge on any atom is -0.349 e. The zero-order valence-corrected chi connectivity index (χ0v) is 23.2. The molecular weight excluding hydrogens is 538 g/mol. The van der Waals surface area contributed by atoms with E-state index < -0.39 is 0 Å². The van der Waals surface area contributed by atoms with Gasteiger partial charge in [0.2, 0.25) is 11.8 Å². The molecule has 1 aliphatic carbocycles. The molecule has 0 aromatic heterocycles. The van der Waals surface area contributed by atoms with E-state index in [2.05, 4.69) is 55.3 Å². The molecule has 1 saturated carbocycles. The molecule has 1 N–H and O–H groups in total. The Bertz CT molecular complexity index is 1020. The number of piperidine rings is 1. The van der Waals surface area contributed by atoms with Crippen LogP contribution in [0.5, 0.6) is 0 Å². The molecule has 5 rings (SSSR count). The number of carbonyl (C=O) groups is 2. The number of likely N-dealkylation sites (tertiary alicyclic amines) is 2. The Labute approximate surface area is 229 Å². The molecular formula is C29H37BrClN3O2. The van der Waals surface area contributed by atoms with Crippen LogP contribution in [0, 0.1) is 11.3 Å². The number of nitrogens with one attached hydrogen (secondary N) is 1. The highest BCUT2D eigenvalue weighted by atomic mass is 79.9. The molecule has 1 unspecified atom stereocenters. The van der Waals surface area contributed by atoms with Gasteiger partial charge in [0.1, 0.15) is 0 Å². The number of hydrogen-bond donors (Lipinski definition) is 1. The second-order valence-electron chi connectivity index (χ2n) is 10.7. The lowest BCUT2D eigenvalue weighted by molar-refractivity contribution is -0.139. The van der Waals surface area contributed by atoms with Crippen molar-refractivity contribution in [2.24, 2.45) is 11.3 Å². The summed E-state index contributed by atoms with van der Waals surface area (Å²) in [5.74, 6) is 1.12. The number of nitrogens with zero attached hydrogens (tertiary/aromatic N) is 2. The van der Waals surface area contributed by atoms with Gasteiger partial charge in [-0.05, 0) is 80.8 Å². The molecule has 3 fully saturated rings. The lowest BCUT2D eigenvalue weighted by atomic mass is 9.77. The van der Waals surface area contributed by atoms with Gasteiger partial charge in [0.05, 0.1) is 11.5 Å². The lowest BCUT2D eigenvalue weighted by Gasteiger charge is -2.38. The van der Waals surface area contributed by atoms with Gasteiger partial charge in [-0.25, -0.2) is 0 Å². The van der Waals surface area contributed by atoms with Crippen molar-refractivity contribution in [1.82, 2.24) is 15.1 Å². The van der Waals surface area contributed by atoms with Gasteiger partial charge in [0, 0.05) is 30.5 Å². The fourth-order valence-corrected chi connectivity index (χ4v) is 5.94. The standard InChI is InChI=1S/C29H36BrN3O2.ClH/c30-25-10-8-23(9-11-25)21-33-19-15-29(28(33)35)13-17-32(18-14-29)16-12-26(24-4-2-1-3-5-24)31-27(34)20-22-6-7-22;/h1-5,8-11,22,26H,6-7,12-21H2,(H,31,34);1H. The molecule has 194 valence electrons. The summed E-state index contributed by atoms with van der Waals surface area (Å²) >= 11 is 3.49. The van der Waals surface area contributed by atoms with E-state index in [1.807, 2.05) is 30.3 Å². The molecule has 3 aliphatic rings. The minimum atomic E-state index is -0.177. The normalized spacial score (nSPS) is 20.2. The summed E-state index contributed by atoms with van der Waals surface area (Å²) in [6.45, 7) is 4.41. The zero-order chi connectivity index (χ0) is 24.3. The smallest absolute Gasteiger partial charge is 0.229 e. The van der Waals surface area contributed by atoms with Gasteiger partial charge in [0.25, 0.3) is 0 Å². The first kappa shape index (κ1) is 27.2. The first-order valence-corrected chi connectivity index (χ1v) is 13.9. The highest BCUT2D eigenvalue weighted by molar-refractivity contribution is 9.10. The third-order valence-electron chi connectivity index (χ3n) is 8.14. The average Bonchev–Trinajstić information content (AvgIpc) is 3.65. The van der Waals surface area contributed by atoms with Crippen molar-refractivity contribution >= 4 is 40.2 Å². The molecule has 2 amide bonds. The highest BCUT2D eigenvalue weighted by Gasteiger charge is 2.47. The van der Waals surface area contributed by atoms with E-state index in [0.717, 1.165) is 56.3 Å². The Morgan fingerprint density at radius 3 is 2.33 bits per heavy atom. The summed E-state index contributed by atoms with van der Waals surface area (Å²) < 4.78 is 1.06. The molecule has 1 spiro atoms. The Morgan fingerprint density at radius 1 is 1.00 bits per heavy atom. The van der Waals surface area contributed by atoms with Crippen LogP contribution in [0.15, 0.2) is 59.1 Å². The maximum Gasteiger partial charge on any atom is 0.229 e. The number of halogens is 2. The van der Waals surface area contributed by atoms with Crippen molar-refractivity contribution in [2.75, 3.05) is 26.2 Å². The van der Waals surface area contributed by atoms with Crippen molar-refractivity contribution in [1.29, 1.82) is 0 Å². The van der Waals surface area contributed by atoms with E-state index in [0.29, 0.717) is 24.8 Å². The van der Waals surface area contributed by atoms with Crippen LogP contribution in [0.1, 0.15) is 62.1 Å². The van der Waals surface area contributed by atoms with E-state index in [-0.39, 0.29) is 29.8 Å². The minimum absolute atomic E-state index is 0. The van der Waals surface area contributed by atoms with Gasteiger partial charge in [-0.2, -0.15) is 0 Å². The fraction of sp³-hybridized carbons (Fsp3) is 0.517. The summed E-state index contributed by atoms with van der Waals surface area (Å²) in [7, 11) is 0. The van der Waals surface area contributed by atoms with E-state index in [1.165, 1.54) is 24.0 Å². The van der Waals surface area contributed by atoms with Crippen LogP contribution in [-0.4, -0.2) is 47.8 Å². The predicted molar refractivity (Wildman–Crippen MR) is 149 cm³/mol. The first-order valence-electron chi connectivity index (χ1n) is 13.1. The summed E-state index contributed by atoms with van der Waals surface area (Å²) in [6, 6.07) is 18.7. The summed E-state index contributed by atoms with van der Waals surface area (Å²) in [5, 5.41) is 3.30. The average molecular weight is 575 g/mol. The Balaban J connectivity index is 0.00000304. The van der Waals surface area contributed by atoms with Gasteiger partial charge in [-0.15, -0.1) is 12.4 Å². The molecule has 2 heterocycles. The molecule has 2 aromatic rings. The van der Waals surface area contributed by atoms with Crippen LogP contribution in [0.3, 0.4) is 0 Å². The summed E-state index contributed by atoms with van der Waals surface area (Å²) in [4.78, 5) is 30.5. The predicted octanol–water partition coefficient (Wildman–Crippen LogP) is 5.73. The number of rotatable bonds is 9. The van der Waals surface area contributed by atoms with Gasteiger partial charge < -0.3 is 15.1 Å². The topological polar surface area (TPSA) is 52.7 Å². The number of carbonyl (C=O) groups excluding carboxylic acids is 2. The molecule has 2 saturated heterocycles. The molecule has 2 aromatic carbocycles. The second kappa shape index (κ2) is 12.1. The fourth-order valence-electron chi connectivity index (χ4n) is 5.68. The third-order valence-corrected chi connectivity index (χ3v) is 8.67. The molecule has 36 heavy (non-hydrogen) atoms. The quantitative estimate of drug-likeness (QED) is 0.416. The van der Waals surface area contributed by atoms with Gasteiger partial charge in [-0.1, -0.05) is 58.4 Å². The van der Waals surface area contributed by atoms with Crippen LogP contribution < -0.4 is 5.32 Å².